The number of aliphatic carboxylic acids is 1. The van der Waals surface area contributed by atoms with E-state index in [1.807, 2.05) is 38.1 Å². The van der Waals surface area contributed by atoms with Gasteiger partial charge in [0.05, 0.1) is 11.1 Å². The van der Waals surface area contributed by atoms with Gasteiger partial charge in [-0.15, -0.1) is 0 Å². The fourth-order valence-electron chi connectivity index (χ4n) is 2.34. The number of amides is 1. The first-order valence-corrected chi connectivity index (χ1v) is 6.90. The molecule has 1 aromatic carbocycles. The Labute approximate surface area is 123 Å². The SMILES string of the molecule is CCCN(CC(=O)O)C(=O)c1cc(C)nc2ccccc12. The predicted octanol–water partition coefficient (Wildman–Crippen LogP) is 2.48. The van der Waals surface area contributed by atoms with Crippen molar-refractivity contribution in [3.8, 4) is 0 Å². The minimum absolute atomic E-state index is 0.263. The van der Waals surface area contributed by atoms with Crippen molar-refractivity contribution in [2.24, 2.45) is 0 Å². The molecule has 2 rings (SSSR count). The van der Waals surface area contributed by atoms with Crippen molar-refractivity contribution >= 4 is 22.8 Å². The number of carboxylic acids is 1. The number of hydrogen-bond donors (Lipinski definition) is 1. The molecule has 110 valence electrons. The normalized spacial score (nSPS) is 10.6. The van der Waals surface area contributed by atoms with Gasteiger partial charge < -0.3 is 10.0 Å². The van der Waals surface area contributed by atoms with E-state index in [4.69, 9.17) is 5.11 Å². The van der Waals surface area contributed by atoms with Crippen molar-refractivity contribution in [1.82, 2.24) is 9.88 Å². The van der Waals surface area contributed by atoms with Gasteiger partial charge in [0.2, 0.25) is 0 Å². The first kappa shape index (κ1) is 15.0. The molecule has 0 atom stereocenters. The van der Waals surface area contributed by atoms with Gasteiger partial charge in [0, 0.05) is 17.6 Å². The lowest BCUT2D eigenvalue weighted by atomic mass is 10.1. The van der Waals surface area contributed by atoms with Crippen molar-refractivity contribution in [3.63, 3.8) is 0 Å². The highest BCUT2D eigenvalue weighted by Gasteiger charge is 2.20. The number of carboxylic acid groups (broad SMARTS) is 1. The second-order valence-corrected chi connectivity index (χ2v) is 4.95. The monoisotopic (exact) mass is 286 g/mol. The van der Waals surface area contributed by atoms with E-state index in [1.165, 1.54) is 4.90 Å². The fraction of sp³-hybridized carbons (Fsp3) is 0.312. The molecule has 5 heteroatoms. The molecule has 0 aliphatic rings. The number of nitrogens with zero attached hydrogens (tertiary/aromatic N) is 2. The minimum atomic E-state index is -1.01. The van der Waals surface area contributed by atoms with Gasteiger partial charge in [-0.1, -0.05) is 25.1 Å². The standard InChI is InChI=1S/C16H18N2O3/c1-3-8-18(10-15(19)20)16(21)13-9-11(2)17-14-7-5-4-6-12(13)14/h4-7,9H,3,8,10H2,1-2H3,(H,19,20). The molecule has 21 heavy (non-hydrogen) atoms. The summed E-state index contributed by atoms with van der Waals surface area (Å²) in [5.74, 6) is -1.27. The van der Waals surface area contributed by atoms with E-state index in [2.05, 4.69) is 4.98 Å². The third kappa shape index (κ3) is 3.37. The first-order chi connectivity index (χ1) is 10.0. The van der Waals surface area contributed by atoms with Gasteiger partial charge in [0.15, 0.2) is 0 Å². The summed E-state index contributed by atoms with van der Waals surface area (Å²) in [6.07, 6.45) is 0.709. The molecule has 1 N–H and O–H groups in total. The Hall–Kier alpha value is -2.43. The van der Waals surface area contributed by atoms with E-state index < -0.39 is 5.97 Å². The molecule has 0 bridgehead atoms. The van der Waals surface area contributed by atoms with Gasteiger partial charge in [0.1, 0.15) is 6.54 Å². The van der Waals surface area contributed by atoms with Gasteiger partial charge in [-0.25, -0.2) is 0 Å². The van der Waals surface area contributed by atoms with E-state index in [0.717, 1.165) is 16.6 Å². The van der Waals surface area contributed by atoms with E-state index in [1.54, 1.807) is 6.07 Å². The summed E-state index contributed by atoms with van der Waals surface area (Å²) in [6, 6.07) is 9.11. The Balaban J connectivity index is 2.48. The van der Waals surface area contributed by atoms with Crippen molar-refractivity contribution in [3.05, 3.63) is 41.6 Å². The topological polar surface area (TPSA) is 70.5 Å². The maximum absolute atomic E-state index is 12.7. The van der Waals surface area contributed by atoms with Crippen LogP contribution in [0.2, 0.25) is 0 Å². The number of aromatic nitrogens is 1. The molecule has 0 unspecified atom stereocenters. The third-order valence-corrected chi connectivity index (χ3v) is 3.18. The van der Waals surface area contributed by atoms with Crippen LogP contribution in [0, 0.1) is 6.92 Å². The summed E-state index contributed by atoms with van der Waals surface area (Å²) in [5, 5.41) is 9.72. The van der Waals surface area contributed by atoms with Crippen LogP contribution in [0.5, 0.6) is 0 Å². The molecule has 1 heterocycles. The van der Waals surface area contributed by atoms with Gasteiger partial charge >= 0.3 is 5.97 Å². The second kappa shape index (κ2) is 6.35. The second-order valence-electron chi connectivity index (χ2n) is 4.95. The van der Waals surface area contributed by atoms with Gasteiger partial charge in [0.25, 0.3) is 5.91 Å². The van der Waals surface area contributed by atoms with Crippen LogP contribution < -0.4 is 0 Å². The van der Waals surface area contributed by atoms with E-state index in [-0.39, 0.29) is 12.5 Å². The number of rotatable bonds is 5. The summed E-state index contributed by atoms with van der Waals surface area (Å²) < 4.78 is 0. The third-order valence-electron chi connectivity index (χ3n) is 3.18. The molecular formula is C16H18N2O3. The van der Waals surface area contributed by atoms with Crippen molar-refractivity contribution in [1.29, 1.82) is 0 Å². The molecule has 0 spiro atoms. The Bertz CT molecular complexity index is 682. The van der Waals surface area contributed by atoms with E-state index in [0.29, 0.717) is 18.5 Å². The number of hydrogen-bond acceptors (Lipinski definition) is 3. The number of para-hydroxylation sites is 1. The van der Waals surface area contributed by atoms with Crippen LogP contribution in [-0.4, -0.2) is 40.0 Å². The quantitative estimate of drug-likeness (QED) is 0.916. The average molecular weight is 286 g/mol. The fourth-order valence-corrected chi connectivity index (χ4v) is 2.34. The minimum Gasteiger partial charge on any atom is -0.480 e. The molecule has 0 aliphatic carbocycles. The summed E-state index contributed by atoms with van der Waals surface area (Å²) >= 11 is 0. The lowest BCUT2D eigenvalue weighted by Gasteiger charge is -2.21. The lowest BCUT2D eigenvalue weighted by Crippen LogP contribution is -2.36. The van der Waals surface area contributed by atoms with Crippen LogP contribution in [-0.2, 0) is 4.79 Å². The maximum atomic E-state index is 12.7. The Kier molecular flexibility index (Phi) is 4.52. The molecule has 0 saturated carbocycles. The number of carbonyl (C=O) groups excluding carboxylic acids is 1. The Morgan fingerprint density at radius 1 is 1.29 bits per heavy atom. The summed E-state index contributed by atoms with van der Waals surface area (Å²) in [4.78, 5) is 29.4. The first-order valence-electron chi connectivity index (χ1n) is 6.90. The number of fused-ring (bicyclic) bond motifs is 1. The van der Waals surface area contributed by atoms with E-state index >= 15 is 0 Å². The van der Waals surface area contributed by atoms with Gasteiger partial charge in [-0.05, 0) is 25.5 Å². The molecule has 1 aromatic heterocycles. The van der Waals surface area contributed by atoms with Crippen molar-refractivity contribution in [2.45, 2.75) is 20.3 Å². The van der Waals surface area contributed by atoms with Crippen LogP contribution in [0.15, 0.2) is 30.3 Å². The number of aryl methyl sites for hydroxylation is 1. The van der Waals surface area contributed by atoms with Crippen LogP contribution in [0.4, 0.5) is 0 Å². The largest absolute Gasteiger partial charge is 0.480 e. The maximum Gasteiger partial charge on any atom is 0.323 e. The Morgan fingerprint density at radius 2 is 2.00 bits per heavy atom. The van der Waals surface area contributed by atoms with Gasteiger partial charge in [-0.2, -0.15) is 0 Å². The van der Waals surface area contributed by atoms with Crippen LogP contribution >= 0.6 is 0 Å². The zero-order chi connectivity index (χ0) is 15.4. The van der Waals surface area contributed by atoms with Crippen LogP contribution in [0.3, 0.4) is 0 Å². The molecule has 0 saturated heterocycles. The van der Waals surface area contributed by atoms with Crippen LogP contribution in [0.1, 0.15) is 29.4 Å². The molecule has 0 aliphatic heterocycles. The van der Waals surface area contributed by atoms with Crippen molar-refractivity contribution < 1.29 is 14.7 Å². The number of pyridine rings is 1. The van der Waals surface area contributed by atoms with Crippen LogP contribution in [0.25, 0.3) is 10.9 Å². The smallest absolute Gasteiger partial charge is 0.323 e. The molecule has 1 amide bonds. The molecular weight excluding hydrogens is 268 g/mol. The number of benzene rings is 1. The van der Waals surface area contributed by atoms with E-state index in [9.17, 15) is 9.59 Å². The zero-order valence-electron chi connectivity index (χ0n) is 12.2. The molecule has 2 aromatic rings. The predicted molar refractivity (Wildman–Crippen MR) is 80.3 cm³/mol. The molecule has 5 nitrogen and oxygen atoms in total. The highest BCUT2D eigenvalue weighted by atomic mass is 16.4. The van der Waals surface area contributed by atoms with Gasteiger partial charge in [-0.3, -0.25) is 14.6 Å². The summed E-state index contributed by atoms with van der Waals surface area (Å²) in [5.41, 5.74) is 1.99. The lowest BCUT2D eigenvalue weighted by molar-refractivity contribution is -0.137. The average Bonchev–Trinajstić information content (AvgIpc) is 2.44. The highest BCUT2D eigenvalue weighted by Crippen LogP contribution is 2.20. The summed E-state index contributed by atoms with van der Waals surface area (Å²) in [6.45, 7) is 3.87. The summed E-state index contributed by atoms with van der Waals surface area (Å²) in [7, 11) is 0. The zero-order valence-corrected chi connectivity index (χ0v) is 12.2. The Morgan fingerprint density at radius 3 is 2.67 bits per heavy atom. The number of carbonyl (C=O) groups is 2. The van der Waals surface area contributed by atoms with Crippen molar-refractivity contribution in [2.75, 3.05) is 13.1 Å². The highest BCUT2D eigenvalue weighted by molar-refractivity contribution is 6.06. The molecule has 0 radical (unpaired) electrons. The molecule has 0 fully saturated rings.